The van der Waals surface area contributed by atoms with E-state index in [0.29, 0.717) is 0 Å². The maximum Gasteiger partial charge on any atom is 0.490 e. The normalized spacial score (nSPS) is 35.6. The molecule has 3 amide bonds. The molecule has 0 spiro atoms. The Morgan fingerprint density at radius 2 is 1.70 bits per heavy atom. The van der Waals surface area contributed by atoms with Gasteiger partial charge in [-0.05, 0) is 0 Å². The number of ether oxygens (including phenoxy) is 1. The molecule has 188 valence electrons. The highest BCUT2D eigenvalue weighted by atomic mass is 31.3. The van der Waals surface area contributed by atoms with Crippen LogP contribution in [0.15, 0.2) is 4.99 Å². The molecule has 0 aromatic carbocycles. The first-order chi connectivity index (χ1) is 15.1. The number of hydrogen-bond donors (Lipinski definition) is 9. The Hall–Kier alpha value is -1.50. The molecule has 3 aliphatic heterocycles. The fourth-order valence-corrected chi connectivity index (χ4v) is 6.06. The van der Waals surface area contributed by atoms with Gasteiger partial charge in [0.2, 0.25) is 0 Å². The molecular formula is C10H18N5O15P3. The van der Waals surface area contributed by atoms with E-state index in [1.165, 1.54) is 0 Å². The minimum Gasteiger partial charge on any atom is -0.387 e. The third-order valence-electron chi connectivity index (χ3n) is 4.28. The number of hydrazine groups is 1. The Kier molecular flexibility index (Phi) is 7.34. The molecule has 5 unspecified atom stereocenters. The smallest absolute Gasteiger partial charge is 0.387 e. The second kappa shape index (κ2) is 9.27. The van der Waals surface area contributed by atoms with Crippen LogP contribution >= 0.6 is 23.5 Å². The number of aliphatic hydroxyl groups is 2. The number of nitrogens with zero attached hydrogens (tertiary/aromatic N) is 2. The van der Waals surface area contributed by atoms with Gasteiger partial charge in [-0.1, -0.05) is 0 Å². The summed E-state index contributed by atoms with van der Waals surface area (Å²) in [6.07, 6.45) is -6.56. The van der Waals surface area contributed by atoms with E-state index < -0.39 is 78.8 Å². The number of phosphoric ester groups is 1. The Labute approximate surface area is 182 Å². The Morgan fingerprint density at radius 3 is 2.33 bits per heavy atom. The van der Waals surface area contributed by atoms with Crippen molar-refractivity contribution in [2.75, 3.05) is 6.61 Å². The van der Waals surface area contributed by atoms with Crippen LogP contribution in [-0.2, 0) is 36.4 Å². The van der Waals surface area contributed by atoms with Crippen LogP contribution in [0, 0.1) is 0 Å². The first kappa shape index (κ1) is 26.1. The molecule has 20 nitrogen and oxygen atoms in total. The molecule has 0 aromatic rings. The lowest BCUT2D eigenvalue weighted by Crippen LogP contribution is -2.56. The highest BCUT2D eigenvalue weighted by molar-refractivity contribution is 7.66. The Bertz CT molecular complexity index is 972. The van der Waals surface area contributed by atoms with Gasteiger partial charge in [0, 0.05) is 0 Å². The molecular weight excluding hydrogens is 523 g/mol. The second-order valence-corrected chi connectivity index (χ2v) is 11.0. The largest absolute Gasteiger partial charge is 0.490 e. The summed E-state index contributed by atoms with van der Waals surface area (Å²) in [7, 11) is -16.8. The molecule has 0 bridgehead atoms. The van der Waals surface area contributed by atoms with Gasteiger partial charge in [0.1, 0.15) is 18.3 Å². The third kappa shape index (κ3) is 6.34. The maximum absolute atomic E-state index is 12.3. The van der Waals surface area contributed by atoms with Crippen LogP contribution in [0.4, 0.5) is 4.79 Å². The van der Waals surface area contributed by atoms with Crippen LogP contribution < -0.4 is 16.2 Å². The second-order valence-electron chi connectivity index (χ2n) is 6.62. The average molecular weight is 541 g/mol. The Morgan fingerprint density at radius 1 is 1.03 bits per heavy atom. The van der Waals surface area contributed by atoms with Crippen LogP contribution in [0.5, 0.6) is 0 Å². The van der Waals surface area contributed by atoms with Gasteiger partial charge in [-0.2, -0.15) is 8.62 Å². The number of fused-ring (bicyclic) bond motifs is 1. The highest BCUT2D eigenvalue weighted by Crippen LogP contribution is 2.66. The number of carbonyl (C=O) groups is 2. The molecule has 3 rings (SSSR count). The average Bonchev–Trinajstić information content (AvgIpc) is 3.12. The summed E-state index contributed by atoms with van der Waals surface area (Å²) in [6.45, 7) is -1.04. The van der Waals surface area contributed by atoms with Gasteiger partial charge in [-0.3, -0.25) is 14.7 Å². The van der Waals surface area contributed by atoms with Gasteiger partial charge in [-0.25, -0.2) is 28.9 Å². The molecule has 2 saturated heterocycles. The molecule has 0 radical (unpaired) electrons. The SMILES string of the molecule is O=C1NNC(=O)C2C(N=CN2C2O[C@H](COP(=O)(O)OP(=O)(O)OP(=O)(O)O)[C@@H](O)[C@H]2O)N1. The van der Waals surface area contributed by atoms with E-state index in [0.717, 1.165) is 11.2 Å². The fraction of sp³-hybridized carbons (Fsp3) is 0.700. The Balaban J connectivity index is 1.64. The van der Waals surface area contributed by atoms with Crippen LogP contribution in [0.1, 0.15) is 0 Å². The van der Waals surface area contributed by atoms with E-state index in [2.05, 4.69) is 28.9 Å². The van der Waals surface area contributed by atoms with Crippen molar-refractivity contribution >= 4 is 41.7 Å². The molecule has 0 aliphatic carbocycles. The van der Waals surface area contributed by atoms with Gasteiger partial charge in [-0.15, -0.1) is 0 Å². The van der Waals surface area contributed by atoms with Gasteiger partial charge in [0.05, 0.1) is 12.9 Å². The zero-order chi connectivity index (χ0) is 24.8. The number of aliphatic hydroxyl groups excluding tert-OH is 2. The summed E-state index contributed by atoms with van der Waals surface area (Å²) in [5, 5.41) is 22.8. The number of rotatable bonds is 8. The van der Waals surface area contributed by atoms with Crippen molar-refractivity contribution in [3.8, 4) is 0 Å². The summed E-state index contributed by atoms with van der Waals surface area (Å²) in [5.74, 6) is -0.752. The minimum absolute atomic E-state index is 0.752. The van der Waals surface area contributed by atoms with Gasteiger partial charge >= 0.3 is 29.5 Å². The number of nitrogens with one attached hydrogen (secondary N) is 3. The molecule has 8 atom stereocenters. The van der Waals surface area contributed by atoms with Crippen molar-refractivity contribution in [1.29, 1.82) is 0 Å². The summed E-state index contributed by atoms with van der Waals surface area (Å²) in [4.78, 5) is 64.3. The predicted octanol–water partition coefficient (Wildman–Crippen LogP) is -3.84. The molecule has 0 saturated carbocycles. The van der Waals surface area contributed by atoms with E-state index in [1.54, 1.807) is 0 Å². The van der Waals surface area contributed by atoms with E-state index in [9.17, 15) is 38.4 Å². The molecule has 0 aromatic heterocycles. The first-order valence-electron chi connectivity index (χ1n) is 8.56. The molecule has 23 heteroatoms. The predicted molar refractivity (Wildman–Crippen MR) is 98.2 cm³/mol. The maximum atomic E-state index is 12.3. The molecule has 2 fully saturated rings. The lowest BCUT2D eigenvalue weighted by atomic mass is 10.1. The lowest BCUT2D eigenvalue weighted by molar-refractivity contribution is -0.132. The van der Waals surface area contributed by atoms with E-state index in [-0.39, 0.29) is 0 Å². The van der Waals surface area contributed by atoms with Crippen LogP contribution in [0.3, 0.4) is 0 Å². The molecule has 33 heavy (non-hydrogen) atoms. The highest BCUT2D eigenvalue weighted by Gasteiger charge is 2.52. The summed E-state index contributed by atoms with van der Waals surface area (Å²) in [6, 6.07) is -1.98. The van der Waals surface area contributed by atoms with Crippen molar-refractivity contribution in [3.63, 3.8) is 0 Å². The summed E-state index contributed by atoms with van der Waals surface area (Å²) >= 11 is 0. The van der Waals surface area contributed by atoms with Crippen LogP contribution in [0.2, 0.25) is 0 Å². The fourth-order valence-electron chi connectivity index (χ4n) is 3.03. The van der Waals surface area contributed by atoms with Crippen molar-refractivity contribution in [2.45, 2.75) is 36.7 Å². The molecule has 3 heterocycles. The number of phosphoric acid groups is 3. The number of amides is 3. The lowest BCUT2D eigenvalue weighted by Gasteiger charge is -2.31. The van der Waals surface area contributed by atoms with Crippen molar-refractivity contribution in [2.24, 2.45) is 4.99 Å². The zero-order valence-electron chi connectivity index (χ0n) is 15.8. The summed E-state index contributed by atoms with van der Waals surface area (Å²) < 4.78 is 50.6. The number of hydrogen-bond acceptors (Lipinski definition) is 13. The van der Waals surface area contributed by atoms with Gasteiger partial charge in [0.15, 0.2) is 18.4 Å². The summed E-state index contributed by atoms with van der Waals surface area (Å²) in [5.41, 5.74) is 4.12. The topological polar surface area (TPSA) is 295 Å². The van der Waals surface area contributed by atoms with E-state index in [1.807, 2.05) is 5.43 Å². The monoisotopic (exact) mass is 541 g/mol. The minimum atomic E-state index is -5.75. The zero-order valence-corrected chi connectivity index (χ0v) is 18.5. The van der Waals surface area contributed by atoms with E-state index >= 15 is 0 Å². The van der Waals surface area contributed by atoms with E-state index in [4.69, 9.17) is 19.4 Å². The molecule has 9 N–H and O–H groups in total. The molecule has 3 aliphatic rings. The number of carbonyl (C=O) groups excluding carboxylic acids is 2. The van der Waals surface area contributed by atoms with Crippen molar-refractivity contribution < 1.29 is 71.0 Å². The number of urea groups is 1. The first-order valence-corrected chi connectivity index (χ1v) is 13.1. The van der Waals surface area contributed by atoms with Crippen molar-refractivity contribution in [3.05, 3.63) is 0 Å². The van der Waals surface area contributed by atoms with Gasteiger partial charge < -0.3 is 44.7 Å². The standard InChI is InChI=1S/C10H18N5O15P3/c16-5-3(1-27-32(23,24)30-33(25,26)29-31(20,21)22)28-9(6(5)17)15-2-11-7-4(15)8(18)13-14-10(19)12-7/h2-7,9,16-17H,1H2,(H,13,18)(H,23,24)(H,25,26)(H2,12,14,19)(H2,20,21,22)/t3-,4?,5-,6-,7?,9?/m1/s1. The number of aliphatic imine (C=N–C) groups is 1. The van der Waals surface area contributed by atoms with Crippen molar-refractivity contribution in [1.82, 2.24) is 21.1 Å². The van der Waals surface area contributed by atoms with Crippen LogP contribution in [0.25, 0.3) is 0 Å². The third-order valence-corrected chi connectivity index (χ3v) is 8.08. The quantitative estimate of drug-likeness (QED) is 0.133. The van der Waals surface area contributed by atoms with Crippen LogP contribution in [-0.4, -0.2) is 96.3 Å². The van der Waals surface area contributed by atoms with Gasteiger partial charge in [0.25, 0.3) is 5.91 Å².